The maximum atomic E-state index is 10.9. The molecule has 0 amide bonds. The highest BCUT2D eigenvalue weighted by molar-refractivity contribution is 9.10. The number of hydrogen-bond acceptors (Lipinski definition) is 6. The number of phenolic OH excluding ortho intramolecular Hbond substituents is 1. The first-order valence-electron chi connectivity index (χ1n) is 6.16. The topological polar surface area (TPSA) is 115 Å². The number of aromatic hydroxyl groups is 1. The van der Waals surface area contributed by atoms with Crippen molar-refractivity contribution in [3.05, 3.63) is 51.0 Å². The van der Waals surface area contributed by atoms with Gasteiger partial charge in [-0.1, -0.05) is 0 Å². The number of halogens is 1. The third kappa shape index (κ3) is 2.44. The number of nitro benzene ring substituents is 1. The van der Waals surface area contributed by atoms with Gasteiger partial charge in [0.25, 0.3) is 5.69 Å². The van der Waals surface area contributed by atoms with E-state index in [0.29, 0.717) is 26.8 Å². The van der Waals surface area contributed by atoms with E-state index in [9.17, 15) is 15.2 Å². The minimum atomic E-state index is -0.502. The highest BCUT2D eigenvalue weighted by Crippen LogP contribution is 2.32. The molecule has 0 spiro atoms. The fraction of sp³-hybridized carbons (Fsp3) is 0. The molecule has 110 valence electrons. The molecule has 3 rings (SSSR count). The van der Waals surface area contributed by atoms with Gasteiger partial charge in [-0.05, 0) is 40.2 Å². The van der Waals surface area contributed by atoms with E-state index in [4.69, 9.17) is 5.73 Å². The fourth-order valence-corrected chi connectivity index (χ4v) is 2.58. The van der Waals surface area contributed by atoms with Crippen LogP contribution in [0.5, 0.6) is 5.75 Å². The Morgan fingerprint density at radius 3 is 2.50 bits per heavy atom. The van der Waals surface area contributed by atoms with Crippen molar-refractivity contribution < 1.29 is 10.0 Å². The second-order valence-electron chi connectivity index (χ2n) is 4.56. The first-order chi connectivity index (χ1) is 10.5. The Morgan fingerprint density at radius 1 is 1.18 bits per heavy atom. The molecular weight excluding hydrogens is 352 g/mol. The van der Waals surface area contributed by atoms with E-state index in [1.54, 1.807) is 12.1 Å². The van der Waals surface area contributed by atoms with E-state index in [1.165, 1.54) is 24.3 Å². The molecule has 1 aromatic heterocycles. The number of nitro groups is 1. The minimum Gasteiger partial charge on any atom is -0.508 e. The van der Waals surface area contributed by atoms with Crippen molar-refractivity contribution in [1.82, 2.24) is 9.97 Å². The molecule has 0 fully saturated rings. The standard InChI is InChI=1S/C14H9BrN4O3/c15-11-6-8(19(21)22)5-10-12(11)17-14(18-13(10)16)7-1-3-9(20)4-2-7/h1-6,20H,(H2,16,17,18). The van der Waals surface area contributed by atoms with Crippen LogP contribution in [0, 0.1) is 10.1 Å². The molecule has 1 heterocycles. The molecule has 3 aromatic rings. The molecule has 0 unspecified atom stereocenters. The molecule has 0 aliphatic rings. The summed E-state index contributed by atoms with van der Waals surface area (Å²) in [5.41, 5.74) is 6.99. The number of rotatable bonds is 2. The van der Waals surface area contributed by atoms with Crippen LogP contribution in [0.15, 0.2) is 40.9 Å². The summed E-state index contributed by atoms with van der Waals surface area (Å²) in [6, 6.07) is 9.07. The number of aromatic nitrogens is 2. The summed E-state index contributed by atoms with van der Waals surface area (Å²) in [4.78, 5) is 19.0. The zero-order valence-electron chi connectivity index (χ0n) is 11.0. The molecule has 0 saturated carbocycles. The van der Waals surface area contributed by atoms with Crippen molar-refractivity contribution in [3.63, 3.8) is 0 Å². The van der Waals surface area contributed by atoms with Gasteiger partial charge >= 0.3 is 0 Å². The summed E-state index contributed by atoms with van der Waals surface area (Å²) in [6.07, 6.45) is 0. The van der Waals surface area contributed by atoms with Crippen LogP contribution in [0.3, 0.4) is 0 Å². The zero-order valence-corrected chi connectivity index (χ0v) is 12.6. The average molecular weight is 361 g/mol. The molecule has 0 aliphatic heterocycles. The lowest BCUT2D eigenvalue weighted by Gasteiger charge is -2.07. The first kappa shape index (κ1) is 14.2. The van der Waals surface area contributed by atoms with Crippen LogP contribution in [-0.4, -0.2) is 20.0 Å². The summed E-state index contributed by atoms with van der Waals surface area (Å²) in [5, 5.41) is 20.6. The van der Waals surface area contributed by atoms with Gasteiger partial charge in [0.2, 0.25) is 0 Å². The molecule has 22 heavy (non-hydrogen) atoms. The van der Waals surface area contributed by atoms with E-state index in [2.05, 4.69) is 25.9 Å². The normalized spacial score (nSPS) is 10.8. The third-order valence-corrected chi connectivity index (χ3v) is 3.71. The van der Waals surface area contributed by atoms with Crippen LogP contribution in [-0.2, 0) is 0 Å². The number of non-ortho nitro benzene ring substituents is 1. The van der Waals surface area contributed by atoms with Gasteiger partial charge in [-0.2, -0.15) is 0 Å². The van der Waals surface area contributed by atoms with Crippen molar-refractivity contribution in [3.8, 4) is 17.1 Å². The van der Waals surface area contributed by atoms with Crippen LogP contribution in [0.25, 0.3) is 22.3 Å². The Labute approximate surface area is 132 Å². The lowest BCUT2D eigenvalue weighted by atomic mass is 10.1. The number of nitrogen functional groups attached to an aromatic ring is 1. The van der Waals surface area contributed by atoms with E-state index in [0.717, 1.165) is 0 Å². The van der Waals surface area contributed by atoms with Gasteiger partial charge in [-0.25, -0.2) is 9.97 Å². The number of nitrogens with two attached hydrogens (primary N) is 1. The Morgan fingerprint density at radius 2 is 1.86 bits per heavy atom. The molecule has 0 aliphatic carbocycles. The second kappa shape index (κ2) is 5.23. The number of hydrogen-bond donors (Lipinski definition) is 2. The van der Waals surface area contributed by atoms with Gasteiger partial charge in [-0.15, -0.1) is 0 Å². The van der Waals surface area contributed by atoms with Crippen molar-refractivity contribution in [2.24, 2.45) is 0 Å². The summed E-state index contributed by atoms with van der Waals surface area (Å²) in [5.74, 6) is 0.659. The average Bonchev–Trinajstić information content (AvgIpc) is 2.48. The lowest BCUT2D eigenvalue weighted by molar-refractivity contribution is -0.384. The summed E-state index contributed by atoms with van der Waals surface area (Å²) in [6.45, 7) is 0. The molecular formula is C14H9BrN4O3. The highest BCUT2D eigenvalue weighted by Gasteiger charge is 2.15. The van der Waals surface area contributed by atoms with Crippen molar-refractivity contribution in [2.75, 3.05) is 5.73 Å². The number of fused-ring (bicyclic) bond motifs is 1. The predicted octanol–water partition coefficient (Wildman–Crippen LogP) is 3.26. The lowest BCUT2D eigenvalue weighted by Crippen LogP contribution is -1.99. The van der Waals surface area contributed by atoms with Gasteiger partial charge in [0, 0.05) is 17.7 Å². The molecule has 0 bridgehead atoms. The van der Waals surface area contributed by atoms with Crippen LogP contribution in [0.1, 0.15) is 0 Å². The molecule has 8 heteroatoms. The van der Waals surface area contributed by atoms with Crippen LogP contribution >= 0.6 is 15.9 Å². The van der Waals surface area contributed by atoms with Gasteiger partial charge in [0.15, 0.2) is 5.82 Å². The largest absolute Gasteiger partial charge is 0.508 e. The maximum absolute atomic E-state index is 10.9. The molecule has 7 nitrogen and oxygen atoms in total. The summed E-state index contributed by atoms with van der Waals surface area (Å²) < 4.78 is 0.464. The van der Waals surface area contributed by atoms with Gasteiger partial charge in [0.05, 0.1) is 20.3 Å². The fourth-order valence-electron chi connectivity index (χ4n) is 2.04. The smallest absolute Gasteiger partial charge is 0.271 e. The van der Waals surface area contributed by atoms with Crippen LogP contribution in [0.4, 0.5) is 11.5 Å². The predicted molar refractivity (Wildman–Crippen MR) is 85.4 cm³/mol. The van der Waals surface area contributed by atoms with Crippen molar-refractivity contribution in [1.29, 1.82) is 0 Å². The van der Waals surface area contributed by atoms with Crippen molar-refractivity contribution >= 4 is 38.3 Å². The third-order valence-electron chi connectivity index (χ3n) is 3.10. The Hall–Kier alpha value is -2.74. The number of phenols is 1. The van der Waals surface area contributed by atoms with Gasteiger partial charge < -0.3 is 10.8 Å². The minimum absolute atomic E-state index is 0.0907. The Bertz CT molecular complexity index is 897. The van der Waals surface area contributed by atoms with E-state index < -0.39 is 4.92 Å². The van der Waals surface area contributed by atoms with E-state index >= 15 is 0 Å². The zero-order chi connectivity index (χ0) is 15.9. The molecule has 0 radical (unpaired) electrons. The van der Waals surface area contributed by atoms with Crippen LogP contribution in [0.2, 0.25) is 0 Å². The monoisotopic (exact) mass is 360 g/mol. The van der Waals surface area contributed by atoms with E-state index in [-0.39, 0.29) is 17.3 Å². The summed E-state index contributed by atoms with van der Waals surface area (Å²) >= 11 is 3.28. The van der Waals surface area contributed by atoms with Crippen LogP contribution < -0.4 is 5.73 Å². The molecule has 0 atom stereocenters. The highest BCUT2D eigenvalue weighted by atomic mass is 79.9. The van der Waals surface area contributed by atoms with Crippen molar-refractivity contribution in [2.45, 2.75) is 0 Å². The van der Waals surface area contributed by atoms with Gasteiger partial charge in [0.1, 0.15) is 11.6 Å². The SMILES string of the molecule is Nc1nc(-c2ccc(O)cc2)nc2c(Br)cc([N+](=O)[O-])cc12. The van der Waals surface area contributed by atoms with Gasteiger partial charge in [-0.3, -0.25) is 10.1 Å². The Kier molecular flexibility index (Phi) is 3.38. The molecule has 0 saturated heterocycles. The number of anilines is 1. The number of nitrogens with zero attached hydrogens (tertiary/aromatic N) is 3. The Balaban J connectivity index is 2.24. The summed E-state index contributed by atoms with van der Waals surface area (Å²) in [7, 11) is 0. The number of benzene rings is 2. The first-order valence-corrected chi connectivity index (χ1v) is 6.95. The molecule has 3 N–H and O–H groups in total. The van der Waals surface area contributed by atoms with E-state index in [1.807, 2.05) is 0 Å². The second-order valence-corrected chi connectivity index (χ2v) is 5.41. The molecule has 2 aromatic carbocycles. The maximum Gasteiger partial charge on any atom is 0.271 e. The quantitative estimate of drug-likeness (QED) is 0.535.